The summed E-state index contributed by atoms with van der Waals surface area (Å²) < 4.78 is 24.7. The van der Waals surface area contributed by atoms with E-state index in [0.29, 0.717) is 32.7 Å². The molecule has 1 N–H and O–H groups in total. The van der Waals surface area contributed by atoms with Crippen LogP contribution >= 0.6 is 11.6 Å². The van der Waals surface area contributed by atoms with Gasteiger partial charge in [0, 0.05) is 38.6 Å². The SMILES string of the molecule is O=S(=O)(CCCl)N1CCN(CCO)CC1. The molecule has 5 nitrogen and oxygen atoms in total. The molecule has 0 spiro atoms. The minimum atomic E-state index is -3.16. The Balaban J connectivity index is 2.43. The van der Waals surface area contributed by atoms with Crippen LogP contribution in [0.15, 0.2) is 0 Å². The molecule has 90 valence electrons. The summed E-state index contributed by atoms with van der Waals surface area (Å²) in [5.41, 5.74) is 0. The van der Waals surface area contributed by atoms with E-state index >= 15 is 0 Å². The summed E-state index contributed by atoms with van der Waals surface area (Å²) in [6, 6.07) is 0. The van der Waals surface area contributed by atoms with Crippen molar-refractivity contribution in [1.82, 2.24) is 9.21 Å². The monoisotopic (exact) mass is 256 g/mol. The van der Waals surface area contributed by atoms with Gasteiger partial charge >= 0.3 is 0 Å². The van der Waals surface area contributed by atoms with E-state index in [-0.39, 0.29) is 18.2 Å². The average molecular weight is 257 g/mol. The van der Waals surface area contributed by atoms with Gasteiger partial charge in [-0.3, -0.25) is 4.90 Å². The van der Waals surface area contributed by atoms with Gasteiger partial charge in [0.25, 0.3) is 0 Å². The third-order valence-corrected chi connectivity index (χ3v) is 4.76. The van der Waals surface area contributed by atoms with E-state index in [1.807, 2.05) is 4.90 Å². The van der Waals surface area contributed by atoms with Gasteiger partial charge in [0.05, 0.1) is 12.4 Å². The summed E-state index contributed by atoms with van der Waals surface area (Å²) in [4.78, 5) is 2.05. The van der Waals surface area contributed by atoms with Crippen LogP contribution in [0.4, 0.5) is 0 Å². The number of β-amino-alcohol motifs (C(OH)–C–C–N with tert-alkyl or cyclic N) is 1. The molecule has 0 aliphatic carbocycles. The highest BCUT2D eigenvalue weighted by atomic mass is 35.5. The minimum absolute atomic E-state index is 0.00849. The second-order valence-corrected chi connectivity index (χ2v) is 5.94. The summed E-state index contributed by atoms with van der Waals surface area (Å²) in [6.07, 6.45) is 0. The van der Waals surface area contributed by atoms with Crippen molar-refractivity contribution in [1.29, 1.82) is 0 Å². The lowest BCUT2D eigenvalue weighted by molar-refractivity contribution is 0.151. The third kappa shape index (κ3) is 3.88. The molecule has 1 aliphatic rings. The molecule has 0 aromatic heterocycles. The van der Waals surface area contributed by atoms with Crippen LogP contribution < -0.4 is 0 Å². The van der Waals surface area contributed by atoms with Crippen molar-refractivity contribution in [2.45, 2.75) is 0 Å². The molecule has 0 saturated carbocycles. The lowest BCUT2D eigenvalue weighted by atomic mass is 10.4. The predicted molar refractivity (Wildman–Crippen MR) is 59.6 cm³/mol. The standard InChI is InChI=1S/C8H17ClN2O3S/c9-1-8-15(13,14)11-4-2-10(3-5-11)6-7-12/h12H,1-8H2. The molecule has 1 fully saturated rings. The molecule has 1 heterocycles. The van der Waals surface area contributed by atoms with Crippen molar-refractivity contribution < 1.29 is 13.5 Å². The van der Waals surface area contributed by atoms with Gasteiger partial charge in [-0.15, -0.1) is 11.6 Å². The van der Waals surface area contributed by atoms with Gasteiger partial charge in [-0.2, -0.15) is 4.31 Å². The zero-order valence-corrected chi connectivity index (χ0v) is 10.2. The molecule has 0 amide bonds. The van der Waals surface area contributed by atoms with Crippen LogP contribution in [0.2, 0.25) is 0 Å². The van der Waals surface area contributed by atoms with Crippen LogP contribution in [0.25, 0.3) is 0 Å². The van der Waals surface area contributed by atoms with Crippen LogP contribution in [0.1, 0.15) is 0 Å². The highest BCUT2D eigenvalue weighted by Crippen LogP contribution is 2.07. The van der Waals surface area contributed by atoms with Crippen molar-refractivity contribution in [2.75, 3.05) is 51.0 Å². The van der Waals surface area contributed by atoms with E-state index in [1.54, 1.807) is 0 Å². The molecule has 0 aromatic carbocycles. The summed E-state index contributed by atoms with van der Waals surface area (Å²) in [6.45, 7) is 3.10. The number of nitrogens with zero attached hydrogens (tertiary/aromatic N) is 2. The maximum atomic E-state index is 11.6. The summed E-state index contributed by atoms with van der Waals surface area (Å²) in [5, 5.41) is 8.74. The van der Waals surface area contributed by atoms with Crippen molar-refractivity contribution in [3.8, 4) is 0 Å². The fourth-order valence-electron chi connectivity index (χ4n) is 1.60. The Kier molecular flexibility index (Phi) is 5.28. The summed E-state index contributed by atoms with van der Waals surface area (Å²) in [5.74, 6) is 0.147. The van der Waals surface area contributed by atoms with Gasteiger partial charge in [0.2, 0.25) is 10.0 Å². The number of alkyl halides is 1. The number of aliphatic hydroxyl groups excluding tert-OH is 1. The van der Waals surface area contributed by atoms with Crippen molar-refractivity contribution in [2.24, 2.45) is 0 Å². The largest absolute Gasteiger partial charge is 0.395 e. The second-order valence-electron chi connectivity index (χ2n) is 3.47. The quantitative estimate of drug-likeness (QED) is 0.652. The normalized spacial score (nSPS) is 20.7. The van der Waals surface area contributed by atoms with Crippen LogP contribution in [-0.4, -0.2) is 73.7 Å². The Morgan fingerprint density at radius 3 is 2.27 bits per heavy atom. The molecular weight excluding hydrogens is 240 g/mol. The molecule has 0 radical (unpaired) electrons. The van der Waals surface area contributed by atoms with Crippen molar-refractivity contribution >= 4 is 21.6 Å². The van der Waals surface area contributed by atoms with Gasteiger partial charge in [-0.1, -0.05) is 0 Å². The van der Waals surface area contributed by atoms with E-state index < -0.39 is 10.0 Å². The topological polar surface area (TPSA) is 60.9 Å². The predicted octanol–water partition coefficient (Wildman–Crippen LogP) is -0.835. The van der Waals surface area contributed by atoms with E-state index in [1.165, 1.54) is 4.31 Å². The Morgan fingerprint density at radius 1 is 1.20 bits per heavy atom. The Labute approximate surface area is 95.7 Å². The molecule has 0 unspecified atom stereocenters. The molecule has 0 bridgehead atoms. The zero-order chi connectivity index (χ0) is 11.3. The molecule has 1 saturated heterocycles. The van der Waals surface area contributed by atoms with E-state index in [2.05, 4.69) is 0 Å². The number of sulfonamides is 1. The number of rotatable bonds is 5. The van der Waals surface area contributed by atoms with Gasteiger partial charge in [-0.25, -0.2) is 8.42 Å². The van der Waals surface area contributed by atoms with E-state index in [9.17, 15) is 8.42 Å². The zero-order valence-electron chi connectivity index (χ0n) is 8.60. The number of aliphatic hydroxyl groups is 1. The molecule has 1 rings (SSSR count). The summed E-state index contributed by atoms with van der Waals surface area (Å²) >= 11 is 5.43. The maximum absolute atomic E-state index is 11.6. The first kappa shape index (κ1) is 13.2. The first-order chi connectivity index (χ1) is 7.10. The van der Waals surface area contributed by atoms with E-state index in [0.717, 1.165) is 0 Å². The van der Waals surface area contributed by atoms with E-state index in [4.69, 9.17) is 16.7 Å². The Morgan fingerprint density at radius 2 is 1.80 bits per heavy atom. The van der Waals surface area contributed by atoms with Crippen LogP contribution in [0.3, 0.4) is 0 Å². The van der Waals surface area contributed by atoms with Gasteiger partial charge in [-0.05, 0) is 0 Å². The van der Waals surface area contributed by atoms with Crippen LogP contribution in [0.5, 0.6) is 0 Å². The third-order valence-electron chi connectivity index (χ3n) is 2.48. The number of piperazine rings is 1. The maximum Gasteiger partial charge on any atom is 0.215 e. The van der Waals surface area contributed by atoms with Crippen LogP contribution in [0, 0.1) is 0 Å². The first-order valence-electron chi connectivity index (χ1n) is 4.97. The summed E-state index contributed by atoms with van der Waals surface area (Å²) in [7, 11) is -3.16. The second kappa shape index (κ2) is 6.00. The molecule has 1 aliphatic heterocycles. The number of hydrogen-bond donors (Lipinski definition) is 1. The molecule has 0 aromatic rings. The smallest absolute Gasteiger partial charge is 0.215 e. The van der Waals surface area contributed by atoms with Gasteiger partial charge in [0.15, 0.2) is 0 Å². The Hall–Kier alpha value is 0.120. The fraction of sp³-hybridized carbons (Fsp3) is 1.00. The first-order valence-corrected chi connectivity index (χ1v) is 7.11. The minimum Gasteiger partial charge on any atom is -0.395 e. The lowest BCUT2D eigenvalue weighted by Gasteiger charge is -2.33. The van der Waals surface area contributed by atoms with Crippen LogP contribution in [-0.2, 0) is 10.0 Å². The van der Waals surface area contributed by atoms with Crippen molar-refractivity contribution in [3.05, 3.63) is 0 Å². The van der Waals surface area contributed by atoms with Gasteiger partial charge in [0.1, 0.15) is 0 Å². The highest BCUT2D eigenvalue weighted by Gasteiger charge is 2.25. The molecule has 7 heteroatoms. The number of halogens is 1. The van der Waals surface area contributed by atoms with Crippen molar-refractivity contribution in [3.63, 3.8) is 0 Å². The Bertz CT molecular complexity index is 276. The number of hydrogen-bond acceptors (Lipinski definition) is 4. The lowest BCUT2D eigenvalue weighted by Crippen LogP contribution is -2.49. The molecule has 0 atom stereocenters. The molecule has 15 heavy (non-hydrogen) atoms. The highest BCUT2D eigenvalue weighted by molar-refractivity contribution is 7.89. The fourth-order valence-corrected chi connectivity index (χ4v) is 3.36. The molecular formula is C8H17ClN2O3S. The van der Waals surface area contributed by atoms with Gasteiger partial charge < -0.3 is 5.11 Å². The average Bonchev–Trinajstić information content (AvgIpc) is 2.19.